The summed E-state index contributed by atoms with van der Waals surface area (Å²) in [5.74, 6) is 0.596. The second kappa shape index (κ2) is 8.70. The van der Waals surface area contributed by atoms with Crippen molar-refractivity contribution in [2.45, 2.75) is 5.41 Å². The highest BCUT2D eigenvalue weighted by Crippen LogP contribution is 2.57. The summed E-state index contributed by atoms with van der Waals surface area (Å²) in [5.41, 5.74) is 6.76. The van der Waals surface area contributed by atoms with E-state index in [1.54, 1.807) is 0 Å². The monoisotopic (exact) mass is 550 g/mol. The summed E-state index contributed by atoms with van der Waals surface area (Å²) in [5, 5.41) is 29.7. The molecule has 8 aromatic carbocycles. The van der Waals surface area contributed by atoms with E-state index in [0.29, 0.717) is 11.5 Å². The first-order chi connectivity index (χ1) is 21.1. The third kappa shape index (κ3) is 3.18. The Morgan fingerprint density at radius 1 is 0.349 bits per heavy atom. The molecule has 0 bridgehead atoms. The van der Waals surface area contributed by atoms with E-state index in [-0.39, 0.29) is 0 Å². The minimum atomic E-state index is -0.576. The summed E-state index contributed by atoms with van der Waals surface area (Å²) in [6.07, 6.45) is 0. The number of aromatic hydroxyl groups is 2. The fraction of sp³-hybridized carbons (Fsp3) is 0.0244. The van der Waals surface area contributed by atoms with Gasteiger partial charge in [-0.15, -0.1) is 0 Å². The zero-order chi connectivity index (χ0) is 28.7. The summed E-state index contributed by atoms with van der Waals surface area (Å²) in [6, 6.07) is 50.9. The van der Waals surface area contributed by atoms with E-state index < -0.39 is 5.41 Å². The summed E-state index contributed by atoms with van der Waals surface area (Å²) >= 11 is 0. The molecule has 2 N–H and O–H groups in total. The van der Waals surface area contributed by atoms with Crippen molar-refractivity contribution < 1.29 is 10.2 Å². The van der Waals surface area contributed by atoms with Crippen molar-refractivity contribution in [1.82, 2.24) is 0 Å². The predicted molar refractivity (Wildman–Crippen MR) is 177 cm³/mol. The standard InChI is InChI=1S/C41H26O2/c42-39-21-25-17-19-27(23-35(25)29-9-1-3-13-33(29)39)41(37-15-7-5-11-31(37)32-12-6-8-16-38(32)41)28-20-18-26-22-40(43)34-14-4-2-10-30(34)36(26)24-28/h1-24,42-43H. The lowest BCUT2D eigenvalue weighted by Gasteiger charge is -2.34. The van der Waals surface area contributed by atoms with Crippen LogP contribution in [-0.2, 0) is 5.41 Å². The van der Waals surface area contributed by atoms with Gasteiger partial charge in [0, 0.05) is 10.8 Å². The molecule has 0 atom stereocenters. The van der Waals surface area contributed by atoms with Crippen LogP contribution in [0.4, 0.5) is 0 Å². The molecule has 0 saturated heterocycles. The molecule has 0 aromatic heterocycles. The Morgan fingerprint density at radius 3 is 1.21 bits per heavy atom. The molecule has 1 aliphatic carbocycles. The number of phenols is 2. The van der Waals surface area contributed by atoms with E-state index in [4.69, 9.17) is 0 Å². The predicted octanol–water partition coefficient (Wildman–Crippen LogP) is 10.1. The zero-order valence-corrected chi connectivity index (χ0v) is 23.3. The van der Waals surface area contributed by atoms with Crippen LogP contribution in [0.15, 0.2) is 146 Å². The minimum absolute atomic E-state index is 0.298. The van der Waals surface area contributed by atoms with Crippen LogP contribution in [0.5, 0.6) is 11.5 Å². The van der Waals surface area contributed by atoms with Crippen LogP contribution in [0.2, 0.25) is 0 Å². The minimum Gasteiger partial charge on any atom is -0.507 e. The Bertz CT molecular complexity index is 2260. The molecule has 0 radical (unpaired) electrons. The van der Waals surface area contributed by atoms with Gasteiger partial charge < -0.3 is 10.2 Å². The number of benzene rings is 8. The van der Waals surface area contributed by atoms with Gasteiger partial charge >= 0.3 is 0 Å². The molecule has 2 heteroatoms. The van der Waals surface area contributed by atoms with E-state index in [0.717, 1.165) is 43.1 Å². The SMILES string of the molecule is Oc1cc2ccc(C3(c4ccc5cc(O)c6ccccc6c5c4)c4ccccc4-c4ccccc43)cc2c2ccccc12. The van der Waals surface area contributed by atoms with Crippen LogP contribution in [0, 0.1) is 0 Å². The normalized spacial score (nSPS) is 13.5. The van der Waals surface area contributed by atoms with Crippen LogP contribution < -0.4 is 0 Å². The van der Waals surface area contributed by atoms with Gasteiger partial charge in [0.1, 0.15) is 11.5 Å². The third-order valence-electron chi connectivity index (χ3n) is 9.50. The van der Waals surface area contributed by atoms with Gasteiger partial charge in [0.2, 0.25) is 0 Å². The van der Waals surface area contributed by atoms with Crippen LogP contribution in [0.25, 0.3) is 54.2 Å². The van der Waals surface area contributed by atoms with Crippen molar-refractivity contribution >= 4 is 43.1 Å². The fourth-order valence-electron chi connectivity index (χ4n) is 7.65. The Kier molecular flexibility index (Phi) is 4.87. The van der Waals surface area contributed by atoms with Gasteiger partial charge in [-0.05, 0) is 90.0 Å². The number of phenolic OH excluding ortho intramolecular Hbond substituents is 2. The Balaban J connectivity index is 1.45. The van der Waals surface area contributed by atoms with E-state index in [9.17, 15) is 10.2 Å². The topological polar surface area (TPSA) is 40.5 Å². The molecule has 1 aliphatic rings. The first-order valence-corrected chi connectivity index (χ1v) is 14.6. The van der Waals surface area contributed by atoms with E-state index in [1.165, 1.54) is 33.4 Å². The summed E-state index contributed by atoms with van der Waals surface area (Å²) in [7, 11) is 0. The van der Waals surface area contributed by atoms with Crippen LogP contribution in [-0.4, -0.2) is 10.2 Å². The lowest BCUT2D eigenvalue weighted by atomic mass is 9.67. The smallest absolute Gasteiger partial charge is 0.124 e. The van der Waals surface area contributed by atoms with Crippen molar-refractivity contribution in [2.24, 2.45) is 0 Å². The van der Waals surface area contributed by atoms with Gasteiger partial charge in [-0.1, -0.05) is 121 Å². The third-order valence-corrected chi connectivity index (χ3v) is 9.50. The van der Waals surface area contributed by atoms with E-state index in [2.05, 4.69) is 97.1 Å². The largest absolute Gasteiger partial charge is 0.507 e. The molecule has 0 heterocycles. The van der Waals surface area contributed by atoms with Crippen LogP contribution in [0.3, 0.4) is 0 Å². The molecule has 202 valence electrons. The molecule has 9 rings (SSSR count). The molecule has 43 heavy (non-hydrogen) atoms. The average molecular weight is 551 g/mol. The van der Waals surface area contributed by atoms with Crippen molar-refractivity contribution in [3.8, 4) is 22.6 Å². The maximum atomic E-state index is 10.8. The highest BCUT2D eigenvalue weighted by Gasteiger charge is 2.46. The molecule has 8 aromatic rings. The molecule has 0 saturated carbocycles. The molecular weight excluding hydrogens is 524 g/mol. The Morgan fingerprint density at radius 2 is 0.744 bits per heavy atom. The molecule has 0 amide bonds. The van der Waals surface area contributed by atoms with Gasteiger partial charge in [-0.3, -0.25) is 0 Å². The molecule has 0 unspecified atom stereocenters. The molecular formula is C41H26O2. The molecule has 2 nitrogen and oxygen atoms in total. The van der Waals surface area contributed by atoms with Crippen molar-refractivity contribution in [1.29, 1.82) is 0 Å². The van der Waals surface area contributed by atoms with E-state index >= 15 is 0 Å². The highest BCUT2D eigenvalue weighted by molar-refractivity contribution is 6.12. The lowest BCUT2D eigenvalue weighted by molar-refractivity contribution is 0.482. The zero-order valence-electron chi connectivity index (χ0n) is 23.3. The van der Waals surface area contributed by atoms with E-state index in [1.807, 2.05) is 48.5 Å². The van der Waals surface area contributed by atoms with Gasteiger partial charge in [0.15, 0.2) is 0 Å². The van der Waals surface area contributed by atoms with Gasteiger partial charge in [-0.25, -0.2) is 0 Å². The Labute approximate surface area is 248 Å². The molecule has 0 spiro atoms. The second-order valence-electron chi connectivity index (χ2n) is 11.6. The maximum absolute atomic E-state index is 10.8. The summed E-state index contributed by atoms with van der Waals surface area (Å²) in [4.78, 5) is 0. The number of hydrogen-bond acceptors (Lipinski definition) is 2. The van der Waals surface area contributed by atoms with Crippen molar-refractivity contribution in [2.75, 3.05) is 0 Å². The van der Waals surface area contributed by atoms with Gasteiger partial charge in [0.25, 0.3) is 0 Å². The lowest BCUT2D eigenvalue weighted by Crippen LogP contribution is -2.28. The van der Waals surface area contributed by atoms with Crippen molar-refractivity contribution in [3.05, 3.63) is 168 Å². The second-order valence-corrected chi connectivity index (χ2v) is 11.6. The van der Waals surface area contributed by atoms with Crippen LogP contribution >= 0.6 is 0 Å². The van der Waals surface area contributed by atoms with Crippen LogP contribution in [0.1, 0.15) is 22.3 Å². The maximum Gasteiger partial charge on any atom is 0.124 e. The van der Waals surface area contributed by atoms with Crippen molar-refractivity contribution in [3.63, 3.8) is 0 Å². The number of fused-ring (bicyclic) bond motifs is 9. The Hall–Kier alpha value is -5.60. The summed E-state index contributed by atoms with van der Waals surface area (Å²) < 4.78 is 0. The number of rotatable bonds is 2. The molecule has 0 fully saturated rings. The fourth-order valence-corrected chi connectivity index (χ4v) is 7.65. The van der Waals surface area contributed by atoms with Gasteiger partial charge in [-0.2, -0.15) is 0 Å². The number of hydrogen-bond donors (Lipinski definition) is 2. The van der Waals surface area contributed by atoms with Gasteiger partial charge in [0.05, 0.1) is 5.41 Å². The first kappa shape index (κ1) is 24.0. The quantitative estimate of drug-likeness (QED) is 0.210. The average Bonchev–Trinajstić information content (AvgIpc) is 3.36. The highest BCUT2D eigenvalue weighted by atomic mass is 16.3. The summed E-state index contributed by atoms with van der Waals surface area (Å²) in [6.45, 7) is 0. The molecule has 0 aliphatic heterocycles. The first-order valence-electron chi connectivity index (χ1n) is 14.6.